The fraction of sp³-hybridized carbons (Fsp3) is 0.353. The Balaban J connectivity index is 1.79. The molecule has 0 bridgehead atoms. The minimum atomic E-state index is 0.146. The number of hydrogen-bond acceptors (Lipinski definition) is 2. The van der Waals surface area contributed by atoms with Crippen LogP contribution in [0.4, 0.5) is 5.69 Å². The fourth-order valence-corrected chi connectivity index (χ4v) is 2.87. The first kappa shape index (κ1) is 13.1. The molecule has 0 saturated heterocycles. The van der Waals surface area contributed by atoms with E-state index >= 15 is 0 Å². The van der Waals surface area contributed by atoms with Crippen LogP contribution in [0.2, 0.25) is 0 Å². The summed E-state index contributed by atoms with van der Waals surface area (Å²) >= 11 is 0. The van der Waals surface area contributed by atoms with E-state index in [2.05, 4.69) is 30.4 Å². The van der Waals surface area contributed by atoms with E-state index in [-0.39, 0.29) is 5.91 Å². The quantitative estimate of drug-likeness (QED) is 0.816. The third-order valence-electron chi connectivity index (χ3n) is 3.81. The van der Waals surface area contributed by atoms with Gasteiger partial charge in [0.2, 0.25) is 0 Å². The number of nitrogens with zero attached hydrogens (tertiary/aromatic N) is 1. The second kappa shape index (κ2) is 5.63. The Morgan fingerprint density at radius 2 is 1.90 bits per heavy atom. The zero-order chi connectivity index (χ0) is 13.9. The molecule has 0 saturated carbocycles. The molecule has 2 aromatic carbocycles. The molecule has 104 valence electrons. The van der Waals surface area contributed by atoms with Crippen molar-refractivity contribution in [2.75, 3.05) is 24.5 Å². The predicted octanol–water partition coefficient (Wildman–Crippen LogP) is 3.19. The first-order chi connectivity index (χ1) is 9.83. The largest absolute Gasteiger partial charge is 0.317 e. The molecule has 0 aromatic heterocycles. The molecule has 0 radical (unpaired) electrons. The summed E-state index contributed by atoms with van der Waals surface area (Å²) in [5.74, 6) is 0.146. The van der Waals surface area contributed by atoms with Crippen molar-refractivity contribution in [1.82, 2.24) is 5.32 Å². The van der Waals surface area contributed by atoms with Gasteiger partial charge in [-0.2, -0.15) is 0 Å². The fourth-order valence-electron chi connectivity index (χ4n) is 2.87. The lowest BCUT2D eigenvalue weighted by atomic mass is 10.1. The Bertz CT molecular complexity index is 631. The predicted molar refractivity (Wildman–Crippen MR) is 83.4 cm³/mol. The van der Waals surface area contributed by atoms with E-state index in [0.717, 1.165) is 54.5 Å². The topological polar surface area (TPSA) is 32.3 Å². The minimum Gasteiger partial charge on any atom is -0.317 e. The van der Waals surface area contributed by atoms with Crippen LogP contribution in [-0.4, -0.2) is 25.5 Å². The summed E-state index contributed by atoms with van der Waals surface area (Å²) in [7, 11) is 0. The molecular formula is C17H20N2O. The molecule has 3 heteroatoms. The van der Waals surface area contributed by atoms with Crippen molar-refractivity contribution in [3.05, 3.63) is 42.0 Å². The van der Waals surface area contributed by atoms with Crippen molar-refractivity contribution in [2.24, 2.45) is 0 Å². The van der Waals surface area contributed by atoms with Gasteiger partial charge in [-0.15, -0.1) is 0 Å². The lowest BCUT2D eigenvalue weighted by Crippen LogP contribution is -2.30. The van der Waals surface area contributed by atoms with E-state index in [1.165, 1.54) is 0 Å². The maximum absolute atomic E-state index is 12.5. The van der Waals surface area contributed by atoms with E-state index in [4.69, 9.17) is 0 Å². The molecule has 2 aromatic rings. The molecule has 3 nitrogen and oxygen atoms in total. The number of carbonyl (C=O) groups excluding carboxylic acids is 1. The van der Waals surface area contributed by atoms with Crippen molar-refractivity contribution in [3.8, 4) is 0 Å². The molecule has 0 fully saturated rings. The van der Waals surface area contributed by atoms with E-state index in [1.54, 1.807) is 0 Å². The van der Waals surface area contributed by atoms with Crippen molar-refractivity contribution >= 4 is 22.4 Å². The van der Waals surface area contributed by atoms with E-state index in [0.29, 0.717) is 0 Å². The molecule has 20 heavy (non-hydrogen) atoms. The van der Waals surface area contributed by atoms with Crippen LogP contribution in [0.15, 0.2) is 36.4 Å². The first-order valence-electron chi connectivity index (χ1n) is 7.37. The number of anilines is 1. The van der Waals surface area contributed by atoms with E-state index in [1.807, 2.05) is 23.1 Å². The average Bonchev–Trinajstić information content (AvgIpc) is 2.75. The highest BCUT2D eigenvalue weighted by molar-refractivity contribution is 6.24. The molecule has 0 atom stereocenters. The highest BCUT2D eigenvalue weighted by Gasteiger charge is 2.28. The number of hydrogen-bond donors (Lipinski definition) is 1. The molecule has 1 N–H and O–H groups in total. The first-order valence-corrected chi connectivity index (χ1v) is 7.37. The van der Waals surface area contributed by atoms with Gasteiger partial charge in [0, 0.05) is 17.5 Å². The zero-order valence-electron chi connectivity index (χ0n) is 11.9. The molecule has 1 aliphatic heterocycles. The Labute approximate surface area is 119 Å². The summed E-state index contributed by atoms with van der Waals surface area (Å²) in [6.07, 6.45) is 2.13. The molecule has 1 aliphatic rings. The molecule has 0 spiro atoms. The Hall–Kier alpha value is -1.87. The second-order valence-electron chi connectivity index (χ2n) is 5.24. The summed E-state index contributed by atoms with van der Waals surface area (Å²) in [5.41, 5.74) is 1.92. The van der Waals surface area contributed by atoms with Crippen LogP contribution in [0.3, 0.4) is 0 Å². The summed E-state index contributed by atoms with van der Waals surface area (Å²) < 4.78 is 0. The van der Waals surface area contributed by atoms with Gasteiger partial charge >= 0.3 is 0 Å². The summed E-state index contributed by atoms with van der Waals surface area (Å²) in [6.45, 7) is 4.95. The Morgan fingerprint density at radius 1 is 1.10 bits per heavy atom. The highest BCUT2D eigenvalue weighted by atomic mass is 16.2. The summed E-state index contributed by atoms with van der Waals surface area (Å²) in [6, 6.07) is 12.1. The molecule has 0 unspecified atom stereocenters. The highest BCUT2D eigenvalue weighted by Crippen LogP contribution is 2.36. The van der Waals surface area contributed by atoms with Crippen LogP contribution in [0.25, 0.3) is 10.8 Å². The molecular weight excluding hydrogens is 248 g/mol. The van der Waals surface area contributed by atoms with Crippen LogP contribution < -0.4 is 10.2 Å². The van der Waals surface area contributed by atoms with Crippen LogP contribution in [0.1, 0.15) is 30.1 Å². The van der Waals surface area contributed by atoms with Crippen molar-refractivity contribution < 1.29 is 4.79 Å². The Kier molecular flexibility index (Phi) is 3.70. The SMILES string of the molecule is CCCNCCCN1C(=O)c2cccc3cccc1c23. The minimum absolute atomic E-state index is 0.146. The summed E-state index contributed by atoms with van der Waals surface area (Å²) in [4.78, 5) is 14.4. The van der Waals surface area contributed by atoms with Crippen molar-refractivity contribution in [1.29, 1.82) is 0 Å². The van der Waals surface area contributed by atoms with Crippen molar-refractivity contribution in [2.45, 2.75) is 19.8 Å². The number of amides is 1. The lowest BCUT2D eigenvalue weighted by molar-refractivity contribution is 0.0993. The standard InChI is InChI=1S/C17H20N2O/c1-2-10-18-11-5-12-19-15-9-4-7-13-6-3-8-14(16(13)15)17(19)20/h3-4,6-9,18H,2,5,10-12H2,1H3. The normalized spacial score (nSPS) is 13.4. The van der Waals surface area contributed by atoms with Gasteiger partial charge in [0.05, 0.1) is 5.69 Å². The van der Waals surface area contributed by atoms with Crippen molar-refractivity contribution in [3.63, 3.8) is 0 Å². The molecule has 1 amide bonds. The monoisotopic (exact) mass is 268 g/mol. The van der Waals surface area contributed by atoms with Crippen LogP contribution in [0, 0.1) is 0 Å². The van der Waals surface area contributed by atoms with Crippen LogP contribution in [-0.2, 0) is 0 Å². The van der Waals surface area contributed by atoms with Gasteiger partial charge in [-0.25, -0.2) is 0 Å². The number of benzene rings is 2. The van der Waals surface area contributed by atoms with Gasteiger partial charge in [-0.1, -0.05) is 31.2 Å². The molecule has 1 heterocycles. The van der Waals surface area contributed by atoms with Crippen LogP contribution in [0.5, 0.6) is 0 Å². The molecule has 0 aliphatic carbocycles. The van der Waals surface area contributed by atoms with Gasteiger partial charge in [0.1, 0.15) is 0 Å². The third kappa shape index (κ3) is 2.18. The van der Waals surface area contributed by atoms with Gasteiger partial charge < -0.3 is 10.2 Å². The number of carbonyl (C=O) groups is 1. The zero-order valence-corrected chi connectivity index (χ0v) is 11.9. The van der Waals surface area contributed by atoms with Gasteiger partial charge in [-0.05, 0) is 43.5 Å². The number of nitrogens with one attached hydrogen (secondary N) is 1. The second-order valence-corrected chi connectivity index (χ2v) is 5.24. The maximum atomic E-state index is 12.5. The average molecular weight is 268 g/mol. The van der Waals surface area contributed by atoms with Gasteiger partial charge in [0.25, 0.3) is 5.91 Å². The summed E-state index contributed by atoms with van der Waals surface area (Å²) in [5, 5.41) is 5.65. The van der Waals surface area contributed by atoms with E-state index < -0.39 is 0 Å². The van der Waals surface area contributed by atoms with Gasteiger partial charge in [0.15, 0.2) is 0 Å². The number of rotatable bonds is 6. The Morgan fingerprint density at radius 3 is 2.70 bits per heavy atom. The van der Waals surface area contributed by atoms with Crippen LogP contribution >= 0.6 is 0 Å². The van der Waals surface area contributed by atoms with Gasteiger partial charge in [-0.3, -0.25) is 4.79 Å². The smallest absolute Gasteiger partial charge is 0.258 e. The maximum Gasteiger partial charge on any atom is 0.258 e. The van der Waals surface area contributed by atoms with E-state index in [9.17, 15) is 4.79 Å². The molecule has 3 rings (SSSR count). The lowest BCUT2D eigenvalue weighted by Gasteiger charge is -2.17. The third-order valence-corrected chi connectivity index (χ3v) is 3.81.